The molecule has 2 aromatic rings. The van der Waals surface area contributed by atoms with Gasteiger partial charge in [-0.05, 0) is 49.1 Å². The molecule has 8 heteroatoms. The zero-order valence-corrected chi connectivity index (χ0v) is 16.4. The molecule has 0 spiro atoms. The number of nitrogens with zero attached hydrogens (tertiary/aromatic N) is 1. The van der Waals surface area contributed by atoms with Crippen LogP contribution >= 0.6 is 11.8 Å². The summed E-state index contributed by atoms with van der Waals surface area (Å²) in [6.07, 6.45) is 2.95. The van der Waals surface area contributed by atoms with Crippen LogP contribution in [-0.2, 0) is 14.8 Å². The lowest BCUT2D eigenvalue weighted by Gasteiger charge is -2.23. The van der Waals surface area contributed by atoms with Crippen LogP contribution in [0.15, 0.2) is 53.4 Å². The number of sulfonamides is 1. The second kappa shape index (κ2) is 8.55. The quantitative estimate of drug-likeness (QED) is 0.730. The van der Waals surface area contributed by atoms with Gasteiger partial charge in [0, 0.05) is 4.90 Å². The van der Waals surface area contributed by atoms with Crippen molar-refractivity contribution in [2.45, 2.75) is 17.9 Å². The molecule has 2 aromatic carbocycles. The molecule has 0 aliphatic rings. The Kier molecular flexibility index (Phi) is 6.66. The van der Waals surface area contributed by atoms with Crippen molar-refractivity contribution in [2.24, 2.45) is 0 Å². The minimum Gasteiger partial charge on any atom is -0.348 e. The summed E-state index contributed by atoms with van der Waals surface area (Å²) in [6.45, 7) is 1.42. The lowest BCUT2D eigenvalue weighted by molar-refractivity contribution is -0.120. The van der Waals surface area contributed by atoms with Crippen molar-refractivity contribution in [3.05, 3.63) is 59.9 Å². The number of rotatable bonds is 7. The van der Waals surface area contributed by atoms with Crippen LogP contribution in [0.3, 0.4) is 0 Å². The van der Waals surface area contributed by atoms with Crippen molar-refractivity contribution in [3.63, 3.8) is 0 Å². The minimum atomic E-state index is -3.63. The van der Waals surface area contributed by atoms with Crippen molar-refractivity contribution in [1.29, 1.82) is 0 Å². The van der Waals surface area contributed by atoms with E-state index < -0.39 is 15.9 Å². The molecule has 5 nitrogen and oxygen atoms in total. The molecule has 0 saturated carbocycles. The Labute approximate surface area is 157 Å². The van der Waals surface area contributed by atoms with Crippen LogP contribution in [0.4, 0.5) is 10.1 Å². The lowest BCUT2D eigenvalue weighted by Crippen LogP contribution is -2.41. The van der Waals surface area contributed by atoms with Gasteiger partial charge in [0.05, 0.1) is 18.0 Å². The Hall–Kier alpha value is -2.06. The third-order valence-electron chi connectivity index (χ3n) is 3.78. The molecule has 1 atom stereocenters. The third kappa shape index (κ3) is 5.47. The summed E-state index contributed by atoms with van der Waals surface area (Å²) < 4.78 is 38.4. The van der Waals surface area contributed by atoms with Gasteiger partial charge in [-0.3, -0.25) is 9.10 Å². The minimum absolute atomic E-state index is 0.331. The van der Waals surface area contributed by atoms with Gasteiger partial charge in [-0.2, -0.15) is 0 Å². The van der Waals surface area contributed by atoms with Crippen molar-refractivity contribution in [1.82, 2.24) is 5.32 Å². The van der Waals surface area contributed by atoms with E-state index in [9.17, 15) is 17.6 Å². The van der Waals surface area contributed by atoms with E-state index in [2.05, 4.69) is 5.32 Å². The summed E-state index contributed by atoms with van der Waals surface area (Å²) in [7, 11) is -3.63. The van der Waals surface area contributed by atoms with Crippen LogP contribution < -0.4 is 9.62 Å². The number of carbonyl (C=O) groups excluding carboxylic acids is 1. The zero-order chi connectivity index (χ0) is 19.3. The van der Waals surface area contributed by atoms with Gasteiger partial charge >= 0.3 is 0 Å². The molecule has 0 saturated heterocycles. The topological polar surface area (TPSA) is 66.5 Å². The fourth-order valence-corrected chi connectivity index (χ4v) is 3.72. The van der Waals surface area contributed by atoms with Gasteiger partial charge in [0.25, 0.3) is 0 Å². The van der Waals surface area contributed by atoms with Gasteiger partial charge in [-0.15, -0.1) is 11.8 Å². The molecule has 1 N–H and O–H groups in total. The van der Waals surface area contributed by atoms with E-state index in [1.807, 2.05) is 12.3 Å². The van der Waals surface area contributed by atoms with Crippen molar-refractivity contribution in [2.75, 3.05) is 23.4 Å². The Morgan fingerprint density at radius 2 is 1.88 bits per heavy atom. The standard InChI is InChI=1S/C18H21FN2O3S2/c1-13(14-7-9-15(19)10-8-14)20-18(22)12-21(26(3,23)24)16-5-4-6-17(11-16)25-2/h4-11,13H,12H2,1-3H3,(H,20,22). The predicted molar refractivity (Wildman–Crippen MR) is 103 cm³/mol. The molecule has 0 aliphatic heterocycles. The molecule has 0 fully saturated rings. The molecule has 2 rings (SSSR count). The summed E-state index contributed by atoms with van der Waals surface area (Å²) in [5.41, 5.74) is 1.17. The number of halogens is 1. The van der Waals surface area contributed by atoms with Crippen LogP contribution in [0, 0.1) is 5.82 Å². The van der Waals surface area contributed by atoms with Gasteiger partial charge in [-0.25, -0.2) is 12.8 Å². The van der Waals surface area contributed by atoms with E-state index in [1.54, 1.807) is 37.3 Å². The first-order valence-corrected chi connectivity index (χ1v) is 10.9. The number of carbonyl (C=O) groups is 1. The Balaban J connectivity index is 2.15. The van der Waals surface area contributed by atoms with Crippen LogP contribution in [0.2, 0.25) is 0 Å². The van der Waals surface area contributed by atoms with Gasteiger partial charge in [0.1, 0.15) is 12.4 Å². The molecular formula is C18H21FN2O3S2. The van der Waals surface area contributed by atoms with Gasteiger partial charge in [-0.1, -0.05) is 18.2 Å². The van der Waals surface area contributed by atoms with Crippen LogP contribution in [-0.4, -0.2) is 33.4 Å². The number of hydrogen-bond donors (Lipinski definition) is 1. The van der Waals surface area contributed by atoms with E-state index in [4.69, 9.17) is 0 Å². The van der Waals surface area contributed by atoms with E-state index in [-0.39, 0.29) is 18.4 Å². The molecule has 0 bridgehead atoms. The fraction of sp³-hybridized carbons (Fsp3) is 0.278. The molecular weight excluding hydrogens is 375 g/mol. The second-order valence-corrected chi connectivity index (χ2v) is 8.60. The Morgan fingerprint density at radius 1 is 1.23 bits per heavy atom. The highest BCUT2D eigenvalue weighted by Crippen LogP contribution is 2.24. The molecule has 0 heterocycles. The van der Waals surface area contributed by atoms with Gasteiger partial charge in [0.2, 0.25) is 15.9 Å². The largest absolute Gasteiger partial charge is 0.348 e. The second-order valence-electron chi connectivity index (χ2n) is 5.81. The van der Waals surface area contributed by atoms with Crippen LogP contribution in [0.25, 0.3) is 0 Å². The maximum atomic E-state index is 13.0. The summed E-state index contributed by atoms with van der Waals surface area (Å²) in [5.74, 6) is -0.800. The number of thioether (sulfide) groups is 1. The molecule has 26 heavy (non-hydrogen) atoms. The summed E-state index contributed by atoms with van der Waals surface area (Å²) in [4.78, 5) is 13.3. The third-order valence-corrected chi connectivity index (χ3v) is 5.64. The number of anilines is 1. The monoisotopic (exact) mass is 396 g/mol. The molecule has 0 aromatic heterocycles. The summed E-state index contributed by atoms with van der Waals surface area (Å²) in [5, 5.41) is 2.74. The number of amides is 1. The average molecular weight is 397 g/mol. The zero-order valence-electron chi connectivity index (χ0n) is 14.8. The first-order valence-electron chi connectivity index (χ1n) is 7.87. The maximum absolute atomic E-state index is 13.0. The first kappa shape index (κ1) is 20.3. The highest BCUT2D eigenvalue weighted by atomic mass is 32.2. The van der Waals surface area contributed by atoms with E-state index >= 15 is 0 Å². The van der Waals surface area contributed by atoms with Crippen LogP contribution in [0.5, 0.6) is 0 Å². The average Bonchev–Trinajstić information content (AvgIpc) is 2.59. The molecule has 0 radical (unpaired) electrons. The summed E-state index contributed by atoms with van der Waals surface area (Å²) in [6, 6.07) is 12.4. The predicted octanol–water partition coefficient (Wildman–Crippen LogP) is 3.19. The van der Waals surface area contributed by atoms with E-state index in [1.165, 1.54) is 23.9 Å². The van der Waals surface area contributed by atoms with Crippen molar-refractivity contribution in [3.8, 4) is 0 Å². The number of nitrogens with one attached hydrogen (secondary N) is 1. The molecule has 0 aliphatic carbocycles. The highest BCUT2D eigenvalue weighted by molar-refractivity contribution is 7.98. The smallest absolute Gasteiger partial charge is 0.241 e. The van der Waals surface area contributed by atoms with Crippen LogP contribution in [0.1, 0.15) is 18.5 Å². The SMILES string of the molecule is CSc1cccc(N(CC(=O)NC(C)c2ccc(F)cc2)S(C)(=O)=O)c1. The normalized spacial score (nSPS) is 12.5. The van der Waals surface area contributed by atoms with Gasteiger partial charge < -0.3 is 5.32 Å². The van der Waals surface area contributed by atoms with Crippen molar-refractivity contribution >= 4 is 33.4 Å². The highest BCUT2D eigenvalue weighted by Gasteiger charge is 2.22. The van der Waals surface area contributed by atoms with E-state index in [0.29, 0.717) is 5.69 Å². The van der Waals surface area contributed by atoms with Gasteiger partial charge in [0.15, 0.2) is 0 Å². The Bertz CT molecular complexity index is 870. The maximum Gasteiger partial charge on any atom is 0.241 e. The van der Waals surface area contributed by atoms with Crippen molar-refractivity contribution < 1.29 is 17.6 Å². The Morgan fingerprint density at radius 3 is 2.46 bits per heavy atom. The fourth-order valence-electron chi connectivity index (χ4n) is 2.42. The first-order chi connectivity index (χ1) is 12.2. The molecule has 1 unspecified atom stereocenters. The summed E-state index contributed by atoms with van der Waals surface area (Å²) >= 11 is 1.49. The number of benzene rings is 2. The van der Waals surface area contributed by atoms with E-state index in [0.717, 1.165) is 21.0 Å². The lowest BCUT2D eigenvalue weighted by atomic mass is 10.1. The number of hydrogen-bond acceptors (Lipinski definition) is 4. The molecule has 1 amide bonds. The molecule has 140 valence electrons.